The van der Waals surface area contributed by atoms with Crippen LogP contribution in [-0.4, -0.2) is 24.7 Å². The van der Waals surface area contributed by atoms with Crippen molar-refractivity contribution in [2.75, 3.05) is 18.5 Å². The van der Waals surface area contributed by atoms with Crippen molar-refractivity contribution >= 4 is 11.6 Å². The van der Waals surface area contributed by atoms with Gasteiger partial charge in [-0.15, -0.1) is 0 Å². The highest BCUT2D eigenvalue weighted by atomic mass is 16.5. The van der Waals surface area contributed by atoms with Crippen LogP contribution in [0, 0.1) is 23.2 Å². The lowest BCUT2D eigenvalue weighted by Gasteiger charge is -2.30. The second-order valence-corrected chi connectivity index (χ2v) is 7.66. The highest BCUT2D eigenvalue weighted by Crippen LogP contribution is 2.27. The molecule has 5 heteroatoms. The van der Waals surface area contributed by atoms with Gasteiger partial charge in [-0.3, -0.25) is 4.79 Å². The molecule has 0 aliphatic carbocycles. The molecule has 0 saturated heterocycles. The van der Waals surface area contributed by atoms with Gasteiger partial charge >= 0.3 is 0 Å². The van der Waals surface area contributed by atoms with E-state index in [2.05, 4.69) is 39.1 Å². The van der Waals surface area contributed by atoms with E-state index in [4.69, 9.17) is 9.47 Å². The molecule has 5 nitrogen and oxygen atoms in total. The van der Waals surface area contributed by atoms with Crippen molar-refractivity contribution < 1.29 is 14.3 Å². The topological polar surface area (TPSA) is 71.3 Å². The number of amides is 1. The molecule has 0 radical (unpaired) electrons. The van der Waals surface area contributed by atoms with Crippen molar-refractivity contribution in [3.63, 3.8) is 0 Å². The molecule has 1 aromatic carbocycles. The summed E-state index contributed by atoms with van der Waals surface area (Å²) >= 11 is 0. The number of nitrogens with one attached hydrogen (secondary N) is 1. The molecule has 0 bridgehead atoms. The van der Waals surface area contributed by atoms with E-state index in [0.717, 1.165) is 6.42 Å². The average Bonchev–Trinajstić information content (AvgIpc) is 2.58. The molecular formula is C21H32N2O3. The van der Waals surface area contributed by atoms with Gasteiger partial charge in [-0.2, -0.15) is 5.26 Å². The van der Waals surface area contributed by atoms with E-state index >= 15 is 0 Å². The quantitative estimate of drug-likeness (QED) is 0.653. The predicted octanol–water partition coefficient (Wildman–Crippen LogP) is 4.76. The van der Waals surface area contributed by atoms with Gasteiger partial charge in [0.1, 0.15) is 17.4 Å². The van der Waals surface area contributed by atoms with E-state index in [-0.39, 0.29) is 5.91 Å². The summed E-state index contributed by atoms with van der Waals surface area (Å²) in [7, 11) is 0. The van der Waals surface area contributed by atoms with Crippen LogP contribution in [-0.2, 0) is 9.53 Å². The first kappa shape index (κ1) is 22.0. The van der Waals surface area contributed by atoms with Gasteiger partial charge in [0.2, 0.25) is 0 Å². The summed E-state index contributed by atoms with van der Waals surface area (Å²) in [6.07, 6.45) is 1.45. The zero-order valence-corrected chi connectivity index (χ0v) is 16.9. The number of hydrogen-bond acceptors (Lipinski definition) is 4. The summed E-state index contributed by atoms with van der Waals surface area (Å²) in [5, 5.41) is 12.3. The van der Waals surface area contributed by atoms with Crippen LogP contribution >= 0.6 is 0 Å². The van der Waals surface area contributed by atoms with E-state index in [1.165, 1.54) is 0 Å². The van der Waals surface area contributed by atoms with Crippen LogP contribution in [0.3, 0.4) is 0 Å². The second-order valence-electron chi connectivity index (χ2n) is 7.66. The molecule has 1 aromatic rings. The van der Waals surface area contributed by atoms with Crippen LogP contribution in [0.4, 0.5) is 5.69 Å². The molecule has 0 saturated carbocycles. The van der Waals surface area contributed by atoms with Gasteiger partial charge in [0.15, 0.2) is 0 Å². The first-order valence-corrected chi connectivity index (χ1v) is 9.34. The molecule has 1 rings (SSSR count). The number of hydrogen-bond donors (Lipinski definition) is 1. The number of ether oxygens (including phenoxy) is 2. The molecule has 1 amide bonds. The summed E-state index contributed by atoms with van der Waals surface area (Å²) in [6.45, 7) is 13.2. The van der Waals surface area contributed by atoms with Gasteiger partial charge in [-0.25, -0.2) is 0 Å². The summed E-state index contributed by atoms with van der Waals surface area (Å²) in [4.78, 5) is 12.9. The summed E-state index contributed by atoms with van der Waals surface area (Å²) < 4.78 is 11.5. The summed E-state index contributed by atoms with van der Waals surface area (Å²) in [5.74, 6) is 1.10. The minimum Gasteiger partial charge on any atom is -0.493 e. The minimum absolute atomic E-state index is 0.230. The minimum atomic E-state index is -0.927. The Kier molecular flexibility index (Phi) is 8.60. The third-order valence-electron chi connectivity index (χ3n) is 3.85. The third-order valence-corrected chi connectivity index (χ3v) is 3.85. The maximum absolute atomic E-state index is 12.9. The number of carbonyl (C=O) groups excluding carboxylic acids is 1. The molecule has 26 heavy (non-hydrogen) atoms. The van der Waals surface area contributed by atoms with Crippen LogP contribution in [0.25, 0.3) is 0 Å². The molecule has 1 atom stereocenters. The molecule has 0 spiro atoms. The lowest BCUT2D eigenvalue weighted by molar-refractivity contribution is -0.141. The molecule has 0 aromatic heterocycles. The van der Waals surface area contributed by atoms with Crippen LogP contribution in [0.15, 0.2) is 18.2 Å². The van der Waals surface area contributed by atoms with E-state index in [0.29, 0.717) is 48.5 Å². The molecule has 0 fully saturated rings. The Bertz CT molecular complexity index is 635. The first-order chi connectivity index (χ1) is 12.2. The smallest absolute Gasteiger partial charge is 0.256 e. The van der Waals surface area contributed by atoms with Crippen molar-refractivity contribution in [2.45, 2.75) is 60.0 Å². The zero-order valence-electron chi connectivity index (χ0n) is 16.9. The number of anilines is 1. The molecule has 0 aliphatic rings. The normalized spacial score (nSPS) is 13.3. The fourth-order valence-corrected chi connectivity index (χ4v) is 2.66. The Morgan fingerprint density at radius 2 is 1.96 bits per heavy atom. The number of benzene rings is 1. The van der Waals surface area contributed by atoms with Crippen LogP contribution in [0.1, 0.15) is 59.9 Å². The van der Waals surface area contributed by atoms with Gasteiger partial charge in [-0.1, -0.05) is 34.6 Å². The van der Waals surface area contributed by atoms with Crippen molar-refractivity contribution in [2.24, 2.45) is 11.8 Å². The van der Waals surface area contributed by atoms with Crippen molar-refractivity contribution in [3.05, 3.63) is 23.8 Å². The SMILES string of the molecule is CCCO[C@@](C)(CC(C)C)C(=O)Nc1ccc(OCC(C)C)cc1C#N. The Labute approximate surface area is 157 Å². The van der Waals surface area contributed by atoms with Gasteiger partial charge in [0.25, 0.3) is 5.91 Å². The van der Waals surface area contributed by atoms with Gasteiger partial charge < -0.3 is 14.8 Å². The maximum atomic E-state index is 12.9. The predicted molar refractivity (Wildman–Crippen MR) is 104 cm³/mol. The van der Waals surface area contributed by atoms with Crippen LogP contribution < -0.4 is 10.1 Å². The van der Waals surface area contributed by atoms with E-state index in [1.54, 1.807) is 18.2 Å². The van der Waals surface area contributed by atoms with E-state index in [1.807, 2.05) is 13.8 Å². The standard InChI is InChI=1S/C21H32N2O3/c1-7-10-26-21(6,12-15(2)3)20(24)23-19-9-8-18(11-17(19)13-22)25-14-16(4)5/h8-9,11,15-16H,7,10,12,14H2,1-6H3,(H,23,24)/t21-/m0/s1. The Balaban J connectivity index is 2.96. The molecule has 0 unspecified atom stereocenters. The molecule has 144 valence electrons. The Morgan fingerprint density at radius 1 is 1.27 bits per heavy atom. The molecule has 0 heterocycles. The highest BCUT2D eigenvalue weighted by molar-refractivity contribution is 5.98. The van der Waals surface area contributed by atoms with E-state index in [9.17, 15) is 10.1 Å². The van der Waals surface area contributed by atoms with Crippen molar-refractivity contribution in [3.8, 4) is 11.8 Å². The highest BCUT2D eigenvalue weighted by Gasteiger charge is 2.35. The molecular weight excluding hydrogens is 328 g/mol. The number of nitrogens with zero attached hydrogens (tertiary/aromatic N) is 1. The number of rotatable bonds is 10. The maximum Gasteiger partial charge on any atom is 0.256 e. The summed E-state index contributed by atoms with van der Waals surface area (Å²) in [6, 6.07) is 7.27. The molecule has 1 N–H and O–H groups in total. The average molecular weight is 360 g/mol. The molecule has 0 aliphatic heterocycles. The zero-order chi connectivity index (χ0) is 19.7. The van der Waals surface area contributed by atoms with E-state index < -0.39 is 5.60 Å². The third kappa shape index (κ3) is 6.68. The van der Waals surface area contributed by atoms with Gasteiger partial charge in [0, 0.05) is 6.61 Å². The summed E-state index contributed by atoms with van der Waals surface area (Å²) in [5.41, 5.74) is -0.0737. The first-order valence-electron chi connectivity index (χ1n) is 9.34. The van der Waals surface area contributed by atoms with Gasteiger partial charge in [-0.05, 0) is 49.8 Å². The van der Waals surface area contributed by atoms with Crippen molar-refractivity contribution in [1.82, 2.24) is 0 Å². The Hall–Kier alpha value is -2.06. The van der Waals surface area contributed by atoms with Crippen LogP contribution in [0.5, 0.6) is 5.75 Å². The van der Waals surface area contributed by atoms with Crippen LogP contribution in [0.2, 0.25) is 0 Å². The lowest BCUT2D eigenvalue weighted by atomic mass is 9.92. The lowest BCUT2D eigenvalue weighted by Crippen LogP contribution is -2.44. The fourth-order valence-electron chi connectivity index (χ4n) is 2.66. The number of nitriles is 1. The fraction of sp³-hybridized carbons (Fsp3) is 0.619. The van der Waals surface area contributed by atoms with Crippen molar-refractivity contribution in [1.29, 1.82) is 5.26 Å². The monoisotopic (exact) mass is 360 g/mol. The Morgan fingerprint density at radius 3 is 2.50 bits per heavy atom. The second kappa shape index (κ2) is 10.2. The van der Waals surface area contributed by atoms with Gasteiger partial charge in [0.05, 0.1) is 17.9 Å². The largest absolute Gasteiger partial charge is 0.493 e. The number of carbonyl (C=O) groups is 1.